The SMILES string of the molecule is C=C/C=C\c1[nH]c2c(ccc3c2c2ccccc2n3-c2ccc3c(c2)sc2c(-c4ccccc4)nc(-c4ccccc4)nc23)c1C. The van der Waals surface area contributed by atoms with E-state index >= 15 is 0 Å². The third-order valence-electron chi connectivity index (χ3n) is 8.94. The normalized spacial score (nSPS) is 12.0. The topological polar surface area (TPSA) is 46.5 Å². The molecule has 0 aliphatic carbocycles. The first-order chi connectivity index (χ1) is 22.7. The molecule has 1 N–H and O–H groups in total. The number of aromatic nitrogens is 4. The maximum atomic E-state index is 5.15. The minimum absolute atomic E-state index is 0.741. The molecular weight excluding hydrogens is 581 g/mol. The van der Waals surface area contributed by atoms with E-state index in [1.165, 1.54) is 37.5 Å². The number of aryl methyl sites for hydroxylation is 1. The third-order valence-corrected chi connectivity index (χ3v) is 10.1. The van der Waals surface area contributed by atoms with Crippen LogP contribution in [0, 0.1) is 6.92 Å². The molecule has 0 atom stereocenters. The maximum Gasteiger partial charge on any atom is 0.160 e. The van der Waals surface area contributed by atoms with Gasteiger partial charge in [-0.3, -0.25) is 0 Å². The van der Waals surface area contributed by atoms with Crippen molar-refractivity contribution in [3.8, 4) is 28.3 Å². The van der Waals surface area contributed by atoms with Crippen LogP contribution in [0.2, 0.25) is 0 Å². The van der Waals surface area contributed by atoms with Crippen LogP contribution in [0.5, 0.6) is 0 Å². The van der Waals surface area contributed by atoms with E-state index in [0.717, 1.165) is 55.1 Å². The molecule has 5 heteroatoms. The summed E-state index contributed by atoms with van der Waals surface area (Å²) in [5, 5.41) is 4.84. The molecule has 0 amide bonds. The van der Waals surface area contributed by atoms with Crippen LogP contribution in [0.4, 0.5) is 0 Å². The van der Waals surface area contributed by atoms with E-state index in [2.05, 4.69) is 120 Å². The molecule has 0 unspecified atom stereocenters. The third kappa shape index (κ3) is 3.99. The van der Waals surface area contributed by atoms with Crippen molar-refractivity contribution in [1.82, 2.24) is 19.5 Å². The summed E-state index contributed by atoms with van der Waals surface area (Å²) in [7, 11) is 0. The van der Waals surface area contributed by atoms with Crippen molar-refractivity contribution in [2.75, 3.05) is 0 Å². The van der Waals surface area contributed by atoms with Crippen molar-refractivity contribution in [2.45, 2.75) is 6.92 Å². The number of H-pyrrole nitrogens is 1. The van der Waals surface area contributed by atoms with Gasteiger partial charge in [0, 0.05) is 48.8 Å². The lowest BCUT2D eigenvalue weighted by molar-refractivity contribution is 1.19. The summed E-state index contributed by atoms with van der Waals surface area (Å²) in [4.78, 5) is 14.0. The Morgan fingerprint density at radius 2 is 1.48 bits per heavy atom. The minimum atomic E-state index is 0.741. The highest BCUT2D eigenvalue weighted by Gasteiger charge is 2.20. The Hall–Kier alpha value is -5.78. The molecule has 0 aliphatic rings. The van der Waals surface area contributed by atoms with Crippen LogP contribution in [-0.2, 0) is 0 Å². The number of allylic oxidation sites excluding steroid dienone is 2. The molecule has 218 valence electrons. The van der Waals surface area contributed by atoms with Crippen LogP contribution in [0.25, 0.3) is 87.4 Å². The fraction of sp³-hybridized carbons (Fsp3) is 0.0244. The zero-order valence-electron chi connectivity index (χ0n) is 25.2. The maximum absolute atomic E-state index is 5.15. The fourth-order valence-corrected chi connectivity index (χ4v) is 7.95. The van der Waals surface area contributed by atoms with Gasteiger partial charge < -0.3 is 9.55 Å². The van der Waals surface area contributed by atoms with Crippen LogP contribution in [0.15, 0.2) is 134 Å². The minimum Gasteiger partial charge on any atom is -0.354 e. The number of aromatic amines is 1. The number of benzene rings is 5. The predicted molar refractivity (Wildman–Crippen MR) is 196 cm³/mol. The Bertz CT molecular complexity index is 2660. The molecule has 9 rings (SSSR count). The standard InChI is InChI=1S/C41H28N4S/c1-3-4-18-32-25(2)29-22-23-34-36(38(29)42-32)30-17-11-12-19-33(30)45(34)28-20-21-31-35(24-28)46-40-37(26-13-7-5-8-14-26)43-41(44-39(31)40)27-15-9-6-10-16-27/h3-24,42H,1H2,2H3/b18-4-. The summed E-state index contributed by atoms with van der Waals surface area (Å²) in [6.45, 7) is 6.03. The van der Waals surface area contributed by atoms with Gasteiger partial charge in [-0.2, -0.15) is 0 Å². The average Bonchev–Trinajstić information content (AvgIpc) is 3.76. The molecule has 0 saturated carbocycles. The predicted octanol–water partition coefficient (Wildman–Crippen LogP) is 11.3. The number of hydrogen-bond acceptors (Lipinski definition) is 3. The molecule has 46 heavy (non-hydrogen) atoms. The Morgan fingerprint density at radius 3 is 2.28 bits per heavy atom. The smallest absolute Gasteiger partial charge is 0.160 e. The number of nitrogens with one attached hydrogen (secondary N) is 1. The zero-order valence-corrected chi connectivity index (χ0v) is 26.0. The average molecular weight is 609 g/mol. The van der Waals surface area contributed by atoms with E-state index < -0.39 is 0 Å². The van der Waals surface area contributed by atoms with Gasteiger partial charge in [-0.15, -0.1) is 11.3 Å². The lowest BCUT2D eigenvalue weighted by atomic mass is 10.1. The molecule has 9 aromatic rings. The fourth-order valence-electron chi connectivity index (χ4n) is 6.76. The van der Waals surface area contributed by atoms with Gasteiger partial charge in [0.15, 0.2) is 5.82 Å². The summed E-state index contributed by atoms with van der Waals surface area (Å²) in [6, 6.07) is 40.7. The highest BCUT2D eigenvalue weighted by Crippen LogP contribution is 2.42. The monoisotopic (exact) mass is 608 g/mol. The summed E-state index contributed by atoms with van der Waals surface area (Å²) < 4.78 is 4.68. The first-order valence-corrected chi connectivity index (χ1v) is 16.2. The summed E-state index contributed by atoms with van der Waals surface area (Å²) in [6.07, 6.45) is 5.89. The number of fused-ring (bicyclic) bond motifs is 8. The molecule has 5 aromatic carbocycles. The van der Waals surface area contributed by atoms with Crippen LogP contribution >= 0.6 is 11.3 Å². The lowest BCUT2D eigenvalue weighted by Crippen LogP contribution is -1.94. The molecule has 0 radical (unpaired) electrons. The highest BCUT2D eigenvalue weighted by molar-refractivity contribution is 7.26. The Kier molecular flexibility index (Phi) is 6.02. The van der Waals surface area contributed by atoms with Gasteiger partial charge >= 0.3 is 0 Å². The van der Waals surface area contributed by atoms with Gasteiger partial charge in [-0.05, 0) is 48.9 Å². The molecule has 4 heterocycles. The Morgan fingerprint density at radius 1 is 0.739 bits per heavy atom. The van der Waals surface area contributed by atoms with E-state index in [4.69, 9.17) is 9.97 Å². The quantitative estimate of drug-likeness (QED) is 0.198. The second kappa shape index (κ2) is 10.4. The van der Waals surface area contributed by atoms with Crippen LogP contribution in [0.1, 0.15) is 11.3 Å². The second-order valence-corrected chi connectivity index (χ2v) is 12.6. The summed E-state index contributed by atoms with van der Waals surface area (Å²) in [5.41, 5.74) is 11.0. The number of hydrogen-bond donors (Lipinski definition) is 1. The summed E-state index contributed by atoms with van der Waals surface area (Å²) >= 11 is 1.76. The van der Waals surface area contributed by atoms with Crippen molar-refractivity contribution < 1.29 is 0 Å². The van der Waals surface area contributed by atoms with Crippen LogP contribution in [0.3, 0.4) is 0 Å². The molecular formula is C41H28N4S. The van der Waals surface area contributed by atoms with Crippen LogP contribution in [-0.4, -0.2) is 19.5 Å². The number of rotatable bonds is 5. The molecule has 0 bridgehead atoms. The van der Waals surface area contributed by atoms with E-state index in [-0.39, 0.29) is 0 Å². The van der Waals surface area contributed by atoms with Crippen LogP contribution < -0.4 is 0 Å². The van der Waals surface area contributed by atoms with Gasteiger partial charge in [0.25, 0.3) is 0 Å². The van der Waals surface area contributed by atoms with Crippen molar-refractivity contribution in [1.29, 1.82) is 0 Å². The molecule has 0 saturated heterocycles. The van der Waals surface area contributed by atoms with Gasteiger partial charge in [0.05, 0.1) is 32.5 Å². The van der Waals surface area contributed by atoms with E-state index in [1.807, 2.05) is 36.4 Å². The Balaban J connectivity index is 1.31. The first kappa shape index (κ1) is 26.6. The molecule has 4 nitrogen and oxygen atoms in total. The summed E-state index contributed by atoms with van der Waals surface area (Å²) in [5.74, 6) is 0.741. The zero-order chi connectivity index (χ0) is 30.8. The van der Waals surface area contributed by atoms with Gasteiger partial charge in [0.2, 0.25) is 0 Å². The lowest BCUT2D eigenvalue weighted by Gasteiger charge is -2.08. The molecule has 0 spiro atoms. The van der Waals surface area contributed by atoms with Crippen molar-refractivity contribution >= 4 is 70.4 Å². The van der Waals surface area contributed by atoms with Crippen molar-refractivity contribution in [3.63, 3.8) is 0 Å². The van der Waals surface area contributed by atoms with Gasteiger partial charge in [-0.1, -0.05) is 104 Å². The second-order valence-electron chi connectivity index (χ2n) is 11.6. The molecule has 0 aliphatic heterocycles. The highest BCUT2D eigenvalue weighted by atomic mass is 32.1. The Labute approximate surface area is 269 Å². The molecule has 4 aromatic heterocycles. The van der Waals surface area contributed by atoms with E-state index in [1.54, 1.807) is 11.3 Å². The van der Waals surface area contributed by atoms with Crippen molar-refractivity contribution in [3.05, 3.63) is 145 Å². The van der Waals surface area contributed by atoms with Gasteiger partial charge in [0.1, 0.15) is 0 Å². The number of thiophene rings is 1. The largest absolute Gasteiger partial charge is 0.354 e. The number of nitrogens with zero attached hydrogens (tertiary/aromatic N) is 3. The van der Waals surface area contributed by atoms with Gasteiger partial charge in [-0.25, -0.2) is 9.97 Å². The molecule has 0 fully saturated rings. The van der Waals surface area contributed by atoms with E-state index in [0.29, 0.717) is 0 Å². The number of para-hydroxylation sites is 1. The van der Waals surface area contributed by atoms with E-state index in [9.17, 15) is 0 Å². The van der Waals surface area contributed by atoms with Crippen molar-refractivity contribution in [2.24, 2.45) is 0 Å². The first-order valence-electron chi connectivity index (χ1n) is 15.4.